The number of hydrogen-bond acceptors (Lipinski definition) is 6. The quantitative estimate of drug-likeness (QED) is 0.332. The average Bonchev–Trinajstić information content (AvgIpc) is 2.43. The van der Waals surface area contributed by atoms with E-state index in [9.17, 15) is 15.0 Å². The minimum atomic E-state index is -1.60. The third-order valence-corrected chi connectivity index (χ3v) is 2.11. The highest BCUT2D eigenvalue weighted by molar-refractivity contribution is 5.73. The zero-order chi connectivity index (χ0) is 10.9. The molecule has 0 radical (unpaired) electrons. The molecule has 0 aliphatic carbocycles. The summed E-state index contributed by atoms with van der Waals surface area (Å²) in [5, 5.41) is 44.7. The molecule has 1 saturated heterocycles. The van der Waals surface area contributed by atoms with E-state index in [0.29, 0.717) is 0 Å². The summed E-state index contributed by atoms with van der Waals surface area (Å²) in [7, 11) is 0. The Morgan fingerprint density at radius 1 is 1.36 bits per heavy atom. The highest BCUT2D eigenvalue weighted by Gasteiger charge is 2.48. The molecule has 7 heteroatoms. The minimum Gasteiger partial charge on any atom is -0.479 e. The van der Waals surface area contributed by atoms with Gasteiger partial charge in [-0.1, -0.05) is 0 Å². The Morgan fingerprint density at radius 3 is 2.29 bits per heavy atom. The molecule has 7 nitrogen and oxygen atoms in total. The van der Waals surface area contributed by atoms with Gasteiger partial charge >= 0.3 is 5.97 Å². The second kappa shape index (κ2) is 4.20. The Kier molecular flexibility index (Phi) is 3.40. The van der Waals surface area contributed by atoms with E-state index >= 15 is 0 Å². The van der Waals surface area contributed by atoms with Crippen LogP contribution in [-0.4, -0.2) is 68.6 Å². The molecule has 0 saturated carbocycles. The number of carboxylic acid groups (broad SMARTS) is 1. The van der Waals surface area contributed by atoms with Crippen molar-refractivity contribution in [2.24, 2.45) is 0 Å². The number of carbonyl (C=O) groups is 1. The lowest BCUT2D eigenvalue weighted by Gasteiger charge is -2.18. The molecule has 1 heterocycles. The van der Waals surface area contributed by atoms with Crippen LogP contribution in [0.2, 0.25) is 0 Å². The van der Waals surface area contributed by atoms with E-state index in [-0.39, 0.29) is 0 Å². The number of aliphatic hydroxyl groups excluding tert-OH is 4. The van der Waals surface area contributed by atoms with Gasteiger partial charge in [-0.25, -0.2) is 4.79 Å². The van der Waals surface area contributed by atoms with Gasteiger partial charge in [0.05, 0.1) is 6.61 Å². The summed E-state index contributed by atoms with van der Waals surface area (Å²) in [4.78, 5) is 10.5. The van der Waals surface area contributed by atoms with Crippen LogP contribution >= 0.6 is 0 Å². The Labute approximate surface area is 79.2 Å². The molecule has 1 unspecified atom stereocenters. The molecule has 0 spiro atoms. The van der Waals surface area contributed by atoms with Crippen molar-refractivity contribution >= 4 is 5.97 Å². The molecular weight excluding hydrogens is 196 g/mol. The first-order chi connectivity index (χ1) is 6.49. The Bertz CT molecular complexity index is 218. The molecule has 0 aromatic carbocycles. The van der Waals surface area contributed by atoms with Gasteiger partial charge in [0.1, 0.15) is 24.4 Å². The van der Waals surface area contributed by atoms with Gasteiger partial charge in [0.2, 0.25) is 0 Å². The Hall–Kier alpha value is -0.730. The lowest BCUT2D eigenvalue weighted by Crippen LogP contribution is -2.40. The highest BCUT2D eigenvalue weighted by Crippen LogP contribution is 2.23. The maximum atomic E-state index is 10.5. The van der Waals surface area contributed by atoms with Crippen molar-refractivity contribution < 1.29 is 35.1 Å². The van der Waals surface area contributed by atoms with Gasteiger partial charge in [0.25, 0.3) is 0 Å². The first-order valence-electron chi connectivity index (χ1n) is 4.02. The number of rotatable bonds is 3. The van der Waals surface area contributed by atoms with Gasteiger partial charge < -0.3 is 30.3 Å². The lowest BCUT2D eigenvalue weighted by molar-refractivity contribution is -0.156. The van der Waals surface area contributed by atoms with Crippen molar-refractivity contribution in [2.75, 3.05) is 6.61 Å². The van der Waals surface area contributed by atoms with E-state index in [1.54, 1.807) is 0 Å². The van der Waals surface area contributed by atoms with Gasteiger partial charge in [-0.3, -0.25) is 0 Å². The maximum Gasteiger partial charge on any atom is 0.335 e. The normalized spacial score (nSPS) is 39.7. The van der Waals surface area contributed by atoms with Gasteiger partial charge in [0.15, 0.2) is 6.10 Å². The summed E-state index contributed by atoms with van der Waals surface area (Å²) in [6.45, 7) is -0.680. The molecule has 82 valence electrons. The van der Waals surface area contributed by atoms with Gasteiger partial charge in [0, 0.05) is 0 Å². The summed E-state index contributed by atoms with van der Waals surface area (Å²) in [5.41, 5.74) is 0. The number of aliphatic carboxylic acids is 1. The third-order valence-electron chi connectivity index (χ3n) is 2.11. The molecule has 1 aliphatic heterocycles. The molecule has 1 fully saturated rings. The van der Waals surface area contributed by atoms with Crippen LogP contribution in [0.25, 0.3) is 0 Å². The van der Waals surface area contributed by atoms with E-state index in [1.807, 2.05) is 0 Å². The van der Waals surface area contributed by atoms with Crippen molar-refractivity contribution in [3.05, 3.63) is 0 Å². The largest absolute Gasteiger partial charge is 0.479 e. The molecule has 0 aromatic rings. The zero-order valence-electron chi connectivity index (χ0n) is 7.15. The van der Waals surface area contributed by atoms with Crippen molar-refractivity contribution in [2.45, 2.75) is 30.5 Å². The first kappa shape index (κ1) is 11.3. The molecule has 0 amide bonds. The van der Waals surface area contributed by atoms with Gasteiger partial charge in [-0.05, 0) is 0 Å². The average molecular weight is 208 g/mol. The van der Waals surface area contributed by atoms with Crippen molar-refractivity contribution in [1.29, 1.82) is 0 Å². The third kappa shape index (κ3) is 1.86. The lowest BCUT2D eigenvalue weighted by atomic mass is 10.0. The number of ether oxygens (including phenoxy) is 1. The number of aliphatic hydroxyl groups is 4. The standard InChI is InChI=1S/C7H12O7/c8-1-2(9)5-3(10)4(11)6(14-5)7(12)13/h2-6,8-11H,1H2,(H,12,13)/t2-,3-,4-,5-,6?/m1/s1. The SMILES string of the molecule is O=C(O)C1O[C@H]([C@H](O)CO)[C@H](O)[C@H]1O. The topological polar surface area (TPSA) is 127 Å². The van der Waals surface area contributed by atoms with Crippen LogP contribution in [0.5, 0.6) is 0 Å². The second-order valence-corrected chi connectivity index (χ2v) is 3.09. The second-order valence-electron chi connectivity index (χ2n) is 3.09. The molecule has 14 heavy (non-hydrogen) atoms. The van der Waals surface area contributed by atoms with Crippen LogP contribution in [0.15, 0.2) is 0 Å². The molecule has 0 aromatic heterocycles. The Morgan fingerprint density at radius 2 is 1.93 bits per heavy atom. The maximum absolute atomic E-state index is 10.5. The zero-order valence-corrected chi connectivity index (χ0v) is 7.15. The first-order valence-corrected chi connectivity index (χ1v) is 4.02. The fraction of sp³-hybridized carbons (Fsp3) is 0.857. The van der Waals surface area contributed by atoms with E-state index in [0.717, 1.165) is 0 Å². The van der Waals surface area contributed by atoms with Crippen LogP contribution in [0, 0.1) is 0 Å². The van der Waals surface area contributed by atoms with Crippen LogP contribution in [0.4, 0.5) is 0 Å². The molecule has 1 rings (SSSR count). The van der Waals surface area contributed by atoms with Gasteiger partial charge in [-0.2, -0.15) is 0 Å². The fourth-order valence-electron chi connectivity index (χ4n) is 1.33. The van der Waals surface area contributed by atoms with Crippen molar-refractivity contribution in [3.8, 4) is 0 Å². The van der Waals surface area contributed by atoms with E-state index in [1.165, 1.54) is 0 Å². The minimum absolute atomic E-state index is 0.680. The van der Waals surface area contributed by atoms with E-state index in [2.05, 4.69) is 0 Å². The molecule has 0 bridgehead atoms. The van der Waals surface area contributed by atoms with Crippen LogP contribution in [-0.2, 0) is 9.53 Å². The highest BCUT2D eigenvalue weighted by atomic mass is 16.6. The summed E-state index contributed by atoms with van der Waals surface area (Å²) in [5.74, 6) is -1.43. The van der Waals surface area contributed by atoms with E-state index in [4.69, 9.17) is 20.1 Å². The summed E-state index contributed by atoms with van der Waals surface area (Å²) in [6, 6.07) is 0. The summed E-state index contributed by atoms with van der Waals surface area (Å²) >= 11 is 0. The fourth-order valence-corrected chi connectivity index (χ4v) is 1.33. The van der Waals surface area contributed by atoms with Gasteiger partial charge in [-0.15, -0.1) is 0 Å². The molecular formula is C7H12O7. The predicted octanol–water partition coefficient (Wildman–Crippen LogP) is -3.09. The molecule has 5 atom stereocenters. The molecule has 5 N–H and O–H groups in total. The van der Waals surface area contributed by atoms with Crippen molar-refractivity contribution in [3.63, 3.8) is 0 Å². The van der Waals surface area contributed by atoms with Crippen LogP contribution in [0.1, 0.15) is 0 Å². The van der Waals surface area contributed by atoms with Crippen LogP contribution < -0.4 is 0 Å². The predicted molar refractivity (Wildman–Crippen MR) is 41.4 cm³/mol. The van der Waals surface area contributed by atoms with Crippen LogP contribution in [0.3, 0.4) is 0 Å². The van der Waals surface area contributed by atoms with E-state index < -0.39 is 43.1 Å². The monoisotopic (exact) mass is 208 g/mol. The smallest absolute Gasteiger partial charge is 0.335 e. The summed E-state index contributed by atoms with van der Waals surface area (Å²) in [6.07, 6.45) is -7.38. The number of hydrogen-bond donors (Lipinski definition) is 5. The summed E-state index contributed by atoms with van der Waals surface area (Å²) < 4.78 is 4.69. The Balaban J connectivity index is 2.71. The molecule has 1 aliphatic rings. The van der Waals surface area contributed by atoms with Crippen molar-refractivity contribution in [1.82, 2.24) is 0 Å². The number of carboxylic acids is 1.